The molecule has 0 unspecified atom stereocenters. The highest BCUT2D eigenvalue weighted by Gasteiger charge is 2.16. The number of pyridine rings is 2. The molecule has 1 amide bonds. The lowest BCUT2D eigenvalue weighted by molar-refractivity contribution is 0.102. The fourth-order valence-electron chi connectivity index (χ4n) is 2.69. The Morgan fingerprint density at radius 1 is 1.15 bits per heavy atom. The summed E-state index contributed by atoms with van der Waals surface area (Å²) in [6.45, 7) is 2.00. The lowest BCUT2D eigenvalue weighted by Gasteiger charge is -2.09. The minimum Gasteiger partial charge on any atom is -0.306 e. The molecule has 26 heavy (non-hydrogen) atoms. The summed E-state index contributed by atoms with van der Waals surface area (Å²) in [5, 5.41) is 2.69. The Morgan fingerprint density at radius 2 is 2.04 bits per heavy atom. The molecule has 3 heterocycles. The van der Waals surface area contributed by atoms with E-state index in [-0.39, 0.29) is 11.7 Å². The van der Waals surface area contributed by atoms with Gasteiger partial charge in [-0.3, -0.25) is 9.78 Å². The van der Waals surface area contributed by atoms with Gasteiger partial charge in [0.2, 0.25) is 0 Å². The Kier molecular flexibility index (Phi) is 4.14. The quantitative estimate of drug-likeness (QED) is 0.583. The summed E-state index contributed by atoms with van der Waals surface area (Å²) in [6.07, 6.45) is 4.57. The largest absolute Gasteiger partial charge is 0.306 e. The van der Waals surface area contributed by atoms with Crippen LogP contribution in [0.4, 0.5) is 10.2 Å². The molecule has 7 heteroatoms. The standard InChI is InChI=1S/C19H13FN4OS/c1-11-4-5-21-9-15(11)12-6-14(18-16(7-12)26-10-23-18)19(25)24-17-3-2-13(20)8-22-17/h2-10H,1H3,(H,22,24,25). The van der Waals surface area contributed by atoms with Crippen LogP contribution in [0, 0.1) is 12.7 Å². The molecule has 0 aliphatic carbocycles. The molecule has 1 N–H and O–H groups in total. The van der Waals surface area contributed by atoms with E-state index in [0.717, 1.165) is 27.6 Å². The number of hydrogen-bond acceptors (Lipinski definition) is 5. The van der Waals surface area contributed by atoms with Crippen molar-refractivity contribution in [3.8, 4) is 11.1 Å². The molecule has 4 aromatic rings. The monoisotopic (exact) mass is 364 g/mol. The minimum atomic E-state index is -0.459. The molecule has 0 bridgehead atoms. The number of carbonyl (C=O) groups is 1. The first kappa shape index (κ1) is 16.3. The molecular weight excluding hydrogens is 351 g/mol. The fraction of sp³-hybridized carbons (Fsp3) is 0.0526. The Balaban J connectivity index is 1.78. The predicted molar refractivity (Wildman–Crippen MR) is 99.7 cm³/mol. The number of anilines is 1. The van der Waals surface area contributed by atoms with Crippen molar-refractivity contribution >= 4 is 33.3 Å². The van der Waals surface area contributed by atoms with E-state index in [1.165, 1.54) is 23.5 Å². The molecule has 0 aliphatic heterocycles. The molecular formula is C19H13FN4OS. The van der Waals surface area contributed by atoms with E-state index in [2.05, 4.69) is 20.3 Å². The van der Waals surface area contributed by atoms with Crippen LogP contribution >= 0.6 is 11.3 Å². The van der Waals surface area contributed by atoms with Crippen molar-refractivity contribution in [2.75, 3.05) is 5.32 Å². The average Bonchev–Trinajstić information content (AvgIpc) is 3.11. The van der Waals surface area contributed by atoms with E-state index in [1.54, 1.807) is 24.0 Å². The van der Waals surface area contributed by atoms with Gasteiger partial charge in [0.1, 0.15) is 11.6 Å². The summed E-state index contributed by atoms with van der Waals surface area (Å²) < 4.78 is 13.9. The van der Waals surface area contributed by atoms with Gasteiger partial charge in [0.05, 0.1) is 27.5 Å². The number of rotatable bonds is 3. The highest BCUT2D eigenvalue weighted by atomic mass is 32.1. The van der Waals surface area contributed by atoms with Crippen LogP contribution in [0.5, 0.6) is 0 Å². The Labute approximate surface area is 152 Å². The van der Waals surface area contributed by atoms with E-state index in [0.29, 0.717) is 11.1 Å². The van der Waals surface area contributed by atoms with Crippen molar-refractivity contribution < 1.29 is 9.18 Å². The smallest absolute Gasteiger partial charge is 0.259 e. The highest BCUT2D eigenvalue weighted by Crippen LogP contribution is 2.31. The highest BCUT2D eigenvalue weighted by molar-refractivity contribution is 7.16. The summed E-state index contributed by atoms with van der Waals surface area (Å²) in [4.78, 5) is 25.2. The van der Waals surface area contributed by atoms with Gasteiger partial charge in [0.15, 0.2) is 0 Å². The SMILES string of the molecule is Cc1ccncc1-c1cc(C(=O)Nc2ccc(F)cn2)c2ncsc2c1. The summed E-state index contributed by atoms with van der Waals surface area (Å²) in [5.41, 5.74) is 5.68. The first-order valence-corrected chi connectivity index (χ1v) is 8.71. The molecule has 3 aromatic heterocycles. The summed E-state index contributed by atoms with van der Waals surface area (Å²) in [6, 6.07) is 8.39. The third kappa shape index (κ3) is 3.04. The number of halogens is 1. The van der Waals surface area contributed by atoms with Crippen LogP contribution in [0.1, 0.15) is 15.9 Å². The number of thiazole rings is 1. The van der Waals surface area contributed by atoms with Crippen molar-refractivity contribution in [1.29, 1.82) is 0 Å². The molecule has 0 aliphatic rings. The summed E-state index contributed by atoms with van der Waals surface area (Å²) in [7, 11) is 0. The number of aryl methyl sites for hydroxylation is 1. The number of amides is 1. The van der Waals surface area contributed by atoms with Crippen LogP contribution in [0.15, 0.2) is 54.4 Å². The second-order valence-electron chi connectivity index (χ2n) is 5.73. The van der Waals surface area contributed by atoms with Crippen molar-refractivity contribution in [2.24, 2.45) is 0 Å². The molecule has 0 spiro atoms. The first-order chi connectivity index (χ1) is 12.6. The van der Waals surface area contributed by atoms with Gasteiger partial charge >= 0.3 is 0 Å². The van der Waals surface area contributed by atoms with Crippen molar-refractivity contribution in [1.82, 2.24) is 15.0 Å². The molecule has 0 saturated carbocycles. The fourth-order valence-corrected chi connectivity index (χ4v) is 3.44. The number of nitrogens with zero attached hydrogens (tertiary/aromatic N) is 3. The average molecular weight is 364 g/mol. The van der Waals surface area contributed by atoms with Gasteiger partial charge < -0.3 is 5.32 Å². The van der Waals surface area contributed by atoms with Gasteiger partial charge in [0, 0.05) is 18.0 Å². The zero-order valence-corrected chi connectivity index (χ0v) is 14.5. The molecule has 5 nitrogen and oxygen atoms in total. The van der Waals surface area contributed by atoms with Gasteiger partial charge in [-0.1, -0.05) is 0 Å². The van der Waals surface area contributed by atoms with Crippen LogP contribution in [0.25, 0.3) is 21.3 Å². The van der Waals surface area contributed by atoms with Crippen molar-refractivity contribution in [2.45, 2.75) is 6.92 Å². The number of nitrogens with one attached hydrogen (secondary N) is 1. The Bertz CT molecular complexity index is 1110. The van der Waals surface area contributed by atoms with Gasteiger partial charge in [-0.15, -0.1) is 11.3 Å². The second-order valence-corrected chi connectivity index (χ2v) is 6.62. The zero-order valence-electron chi connectivity index (χ0n) is 13.7. The Hall–Kier alpha value is -3.19. The van der Waals surface area contributed by atoms with Crippen LogP contribution in [-0.2, 0) is 0 Å². The summed E-state index contributed by atoms with van der Waals surface area (Å²) >= 11 is 1.47. The maximum absolute atomic E-state index is 13.0. The number of aromatic nitrogens is 3. The molecule has 0 radical (unpaired) electrons. The second kappa shape index (κ2) is 6.61. The van der Waals surface area contributed by atoms with Crippen LogP contribution in [-0.4, -0.2) is 20.9 Å². The van der Waals surface area contributed by atoms with Gasteiger partial charge in [-0.05, 0) is 48.4 Å². The lowest BCUT2D eigenvalue weighted by Crippen LogP contribution is -2.13. The van der Waals surface area contributed by atoms with E-state index < -0.39 is 5.82 Å². The van der Waals surface area contributed by atoms with Crippen LogP contribution in [0.2, 0.25) is 0 Å². The third-order valence-corrected chi connectivity index (χ3v) is 4.78. The zero-order chi connectivity index (χ0) is 18.1. The molecule has 4 rings (SSSR count). The molecule has 128 valence electrons. The van der Waals surface area contributed by atoms with Crippen LogP contribution in [0.3, 0.4) is 0 Å². The molecule has 0 saturated heterocycles. The third-order valence-electron chi connectivity index (χ3n) is 4.00. The lowest BCUT2D eigenvalue weighted by atomic mass is 10.00. The number of benzene rings is 1. The molecule has 1 aromatic carbocycles. The topological polar surface area (TPSA) is 67.8 Å². The maximum Gasteiger partial charge on any atom is 0.259 e. The molecule has 0 atom stereocenters. The first-order valence-electron chi connectivity index (χ1n) is 7.83. The van der Waals surface area contributed by atoms with E-state index in [9.17, 15) is 9.18 Å². The maximum atomic E-state index is 13.0. The number of hydrogen-bond donors (Lipinski definition) is 1. The normalized spacial score (nSPS) is 10.8. The predicted octanol–water partition coefficient (Wildman–Crippen LogP) is 4.45. The van der Waals surface area contributed by atoms with Gasteiger partial charge in [0.25, 0.3) is 5.91 Å². The van der Waals surface area contributed by atoms with Crippen molar-refractivity contribution in [3.05, 3.63) is 71.4 Å². The number of fused-ring (bicyclic) bond motifs is 1. The van der Waals surface area contributed by atoms with E-state index in [4.69, 9.17) is 0 Å². The summed E-state index contributed by atoms with van der Waals surface area (Å²) in [5.74, 6) is -0.523. The molecule has 0 fully saturated rings. The van der Waals surface area contributed by atoms with Crippen LogP contribution < -0.4 is 5.32 Å². The van der Waals surface area contributed by atoms with E-state index in [1.807, 2.05) is 19.1 Å². The van der Waals surface area contributed by atoms with E-state index >= 15 is 0 Å². The van der Waals surface area contributed by atoms with Gasteiger partial charge in [-0.2, -0.15) is 0 Å². The van der Waals surface area contributed by atoms with Crippen molar-refractivity contribution in [3.63, 3.8) is 0 Å². The Morgan fingerprint density at radius 3 is 2.81 bits per heavy atom. The van der Waals surface area contributed by atoms with Gasteiger partial charge in [-0.25, -0.2) is 14.4 Å². The number of carbonyl (C=O) groups excluding carboxylic acids is 1. The minimum absolute atomic E-state index is 0.280.